The Kier molecular flexibility index (Phi) is 5.80. The molecule has 0 unspecified atom stereocenters. The van der Waals surface area contributed by atoms with Gasteiger partial charge in [0.25, 0.3) is 10.0 Å². The highest BCUT2D eigenvalue weighted by atomic mass is 35.5. The summed E-state index contributed by atoms with van der Waals surface area (Å²) < 4.78 is 28.2. The first-order valence-corrected chi connectivity index (χ1v) is 10.6. The molecule has 3 aromatic carbocycles. The third-order valence-electron chi connectivity index (χ3n) is 4.32. The SMILES string of the molecule is Cc1ccc(N(Cc2c(Cl)cccc2Cl)S(=O)(=O)c2ccccc2)c(C)c1. The molecule has 0 atom stereocenters. The smallest absolute Gasteiger partial charge is 0.262 e. The minimum atomic E-state index is -3.81. The molecular formula is C21H19Cl2NO2S. The van der Waals surface area contributed by atoms with Crippen LogP contribution in [-0.4, -0.2) is 8.42 Å². The highest BCUT2D eigenvalue weighted by Crippen LogP contribution is 2.33. The van der Waals surface area contributed by atoms with Crippen molar-refractivity contribution in [2.24, 2.45) is 0 Å². The van der Waals surface area contributed by atoms with Crippen molar-refractivity contribution < 1.29 is 8.42 Å². The normalized spacial score (nSPS) is 11.4. The summed E-state index contributed by atoms with van der Waals surface area (Å²) >= 11 is 12.6. The third kappa shape index (κ3) is 4.13. The number of aryl methyl sites for hydroxylation is 2. The maximum atomic E-state index is 13.4. The van der Waals surface area contributed by atoms with Crippen molar-refractivity contribution >= 4 is 38.9 Å². The lowest BCUT2D eigenvalue weighted by Gasteiger charge is -2.27. The van der Waals surface area contributed by atoms with Crippen molar-refractivity contribution in [3.63, 3.8) is 0 Å². The van der Waals surface area contributed by atoms with E-state index in [2.05, 4.69) is 0 Å². The molecule has 3 rings (SSSR count). The average molecular weight is 420 g/mol. The van der Waals surface area contributed by atoms with Crippen molar-refractivity contribution in [1.82, 2.24) is 0 Å². The molecule has 0 aliphatic rings. The Bertz CT molecular complexity index is 1050. The molecule has 0 spiro atoms. The number of sulfonamides is 1. The zero-order valence-corrected chi connectivity index (χ0v) is 17.3. The molecule has 0 N–H and O–H groups in total. The maximum absolute atomic E-state index is 13.4. The van der Waals surface area contributed by atoms with Gasteiger partial charge in [-0.1, -0.05) is 65.2 Å². The molecule has 0 aliphatic carbocycles. The monoisotopic (exact) mass is 419 g/mol. The van der Waals surface area contributed by atoms with Gasteiger partial charge in [-0.25, -0.2) is 8.42 Å². The predicted octanol–water partition coefficient (Wildman–Crippen LogP) is 6.01. The molecular weight excluding hydrogens is 401 g/mol. The van der Waals surface area contributed by atoms with Crippen LogP contribution in [0.1, 0.15) is 16.7 Å². The summed E-state index contributed by atoms with van der Waals surface area (Å²) in [5.74, 6) is 0. The lowest BCUT2D eigenvalue weighted by atomic mass is 10.1. The zero-order valence-electron chi connectivity index (χ0n) is 15.0. The van der Waals surface area contributed by atoms with Gasteiger partial charge in [0.15, 0.2) is 0 Å². The minimum absolute atomic E-state index is 0.0413. The van der Waals surface area contributed by atoms with Crippen LogP contribution in [0, 0.1) is 13.8 Å². The molecule has 0 radical (unpaired) electrons. The summed E-state index contributed by atoms with van der Waals surface area (Å²) in [5, 5.41) is 0.862. The summed E-state index contributed by atoms with van der Waals surface area (Å²) in [5.41, 5.74) is 3.09. The summed E-state index contributed by atoms with van der Waals surface area (Å²) in [7, 11) is -3.81. The van der Waals surface area contributed by atoms with E-state index in [9.17, 15) is 8.42 Å². The molecule has 0 saturated heterocycles. The van der Waals surface area contributed by atoms with E-state index in [-0.39, 0.29) is 11.4 Å². The second-order valence-corrected chi connectivity index (χ2v) is 8.99. The van der Waals surface area contributed by atoms with E-state index in [0.29, 0.717) is 21.3 Å². The van der Waals surface area contributed by atoms with E-state index in [4.69, 9.17) is 23.2 Å². The molecule has 0 saturated carbocycles. The first-order chi connectivity index (χ1) is 12.8. The molecule has 0 heterocycles. The molecule has 6 heteroatoms. The fraction of sp³-hybridized carbons (Fsp3) is 0.143. The largest absolute Gasteiger partial charge is 0.264 e. The molecule has 0 bridgehead atoms. The van der Waals surface area contributed by atoms with E-state index in [0.717, 1.165) is 11.1 Å². The molecule has 27 heavy (non-hydrogen) atoms. The highest BCUT2D eigenvalue weighted by Gasteiger charge is 2.27. The number of halogens is 2. The van der Waals surface area contributed by atoms with Crippen molar-refractivity contribution in [3.05, 3.63) is 93.5 Å². The Labute approximate surface area is 170 Å². The molecule has 0 amide bonds. The molecule has 0 fully saturated rings. The van der Waals surface area contributed by atoms with E-state index in [1.54, 1.807) is 48.5 Å². The van der Waals surface area contributed by atoms with Gasteiger partial charge in [-0.05, 0) is 49.7 Å². The number of hydrogen-bond donors (Lipinski definition) is 0. The van der Waals surface area contributed by atoms with Gasteiger partial charge in [0.1, 0.15) is 0 Å². The average Bonchev–Trinajstić information content (AvgIpc) is 2.63. The van der Waals surface area contributed by atoms with Crippen LogP contribution in [0.25, 0.3) is 0 Å². The van der Waals surface area contributed by atoms with Crippen LogP contribution in [0.2, 0.25) is 10.0 Å². The van der Waals surface area contributed by atoms with Crippen LogP contribution in [0.4, 0.5) is 5.69 Å². The van der Waals surface area contributed by atoms with E-state index in [1.807, 2.05) is 32.0 Å². The van der Waals surface area contributed by atoms with Crippen LogP contribution >= 0.6 is 23.2 Å². The topological polar surface area (TPSA) is 37.4 Å². The van der Waals surface area contributed by atoms with Gasteiger partial charge in [0.05, 0.1) is 17.1 Å². The fourth-order valence-electron chi connectivity index (χ4n) is 2.93. The second-order valence-electron chi connectivity index (χ2n) is 6.31. The molecule has 3 aromatic rings. The van der Waals surface area contributed by atoms with Crippen molar-refractivity contribution in [2.75, 3.05) is 4.31 Å². The van der Waals surface area contributed by atoms with Gasteiger partial charge in [-0.2, -0.15) is 0 Å². The van der Waals surface area contributed by atoms with Gasteiger partial charge in [-0.3, -0.25) is 4.31 Å². The quantitative estimate of drug-likeness (QED) is 0.507. The highest BCUT2D eigenvalue weighted by molar-refractivity contribution is 7.92. The van der Waals surface area contributed by atoms with Crippen molar-refractivity contribution in [1.29, 1.82) is 0 Å². The zero-order chi connectivity index (χ0) is 19.6. The number of rotatable bonds is 5. The lowest BCUT2D eigenvalue weighted by molar-refractivity contribution is 0.590. The molecule has 140 valence electrons. The summed E-state index contributed by atoms with van der Waals surface area (Å²) in [4.78, 5) is 0.216. The Hall–Kier alpha value is -2.01. The lowest BCUT2D eigenvalue weighted by Crippen LogP contribution is -2.31. The third-order valence-corrected chi connectivity index (χ3v) is 6.80. The van der Waals surface area contributed by atoms with E-state index in [1.165, 1.54) is 4.31 Å². The number of hydrogen-bond acceptors (Lipinski definition) is 2. The van der Waals surface area contributed by atoms with Crippen LogP contribution in [0.15, 0.2) is 71.6 Å². The number of nitrogens with zero attached hydrogens (tertiary/aromatic N) is 1. The predicted molar refractivity (Wildman–Crippen MR) is 112 cm³/mol. The first kappa shape index (κ1) is 19.7. The van der Waals surface area contributed by atoms with Gasteiger partial charge in [0, 0.05) is 15.6 Å². The summed E-state index contributed by atoms with van der Waals surface area (Å²) in [6.45, 7) is 3.90. The van der Waals surface area contributed by atoms with Gasteiger partial charge in [-0.15, -0.1) is 0 Å². The van der Waals surface area contributed by atoms with Crippen LogP contribution in [0.3, 0.4) is 0 Å². The summed E-state index contributed by atoms with van der Waals surface area (Å²) in [6, 6.07) is 19.2. The van der Waals surface area contributed by atoms with Gasteiger partial charge < -0.3 is 0 Å². The Morgan fingerprint density at radius 3 is 2.07 bits per heavy atom. The number of anilines is 1. The van der Waals surface area contributed by atoms with Gasteiger partial charge >= 0.3 is 0 Å². The van der Waals surface area contributed by atoms with Crippen LogP contribution in [-0.2, 0) is 16.6 Å². The summed E-state index contributed by atoms with van der Waals surface area (Å²) in [6.07, 6.45) is 0. The minimum Gasteiger partial charge on any atom is -0.262 e. The van der Waals surface area contributed by atoms with Crippen LogP contribution < -0.4 is 4.31 Å². The second kappa shape index (κ2) is 7.93. The van der Waals surface area contributed by atoms with Gasteiger partial charge in [0.2, 0.25) is 0 Å². The van der Waals surface area contributed by atoms with Crippen molar-refractivity contribution in [2.45, 2.75) is 25.3 Å². The Balaban J connectivity index is 2.18. The maximum Gasteiger partial charge on any atom is 0.264 e. The molecule has 3 nitrogen and oxygen atoms in total. The van der Waals surface area contributed by atoms with E-state index >= 15 is 0 Å². The Morgan fingerprint density at radius 2 is 1.48 bits per heavy atom. The van der Waals surface area contributed by atoms with E-state index < -0.39 is 10.0 Å². The molecule has 0 aliphatic heterocycles. The van der Waals surface area contributed by atoms with Crippen LogP contribution in [0.5, 0.6) is 0 Å². The Morgan fingerprint density at radius 1 is 0.852 bits per heavy atom. The van der Waals surface area contributed by atoms with Crippen molar-refractivity contribution in [3.8, 4) is 0 Å². The fourth-order valence-corrected chi connectivity index (χ4v) is 4.97. The molecule has 0 aromatic heterocycles. The first-order valence-electron chi connectivity index (χ1n) is 8.38. The number of benzene rings is 3. The standard InChI is InChI=1S/C21H19Cl2NO2S/c1-15-11-12-21(16(2)13-15)24(14-18-19(22)9-6-10-20(18)23)27(25,26)17-7-4-3-5-8-17/h3-13H,14H2,1-2H3.